The number of rotatable bonds is 4. The smallest absolute Gasteiger partial charge is 0.322 e. The Balaban J connectivity index is 2.30. The zero-order valence-electron chi connectivity index (χ0n) is 7.74. The van der Waals surface area contributed by atoms with Gasteiger partial charge in [0.1, 0.15) is 11.8 Å². The number of hydrogen-bond acceptors (Lipinski definition) is 4. The zero-order valence-corrected chi connectivity index (χ0v) is 7.74. The Morgan fingerprint density at radius 2 is 2.54 bits per heavy atom. The Morgan fingerprint density at radius 1 is 1.77 bits per heavy atom. The molecule has 1 heterocycles. The van der Waals surface area contributed by atoms with E-state index in [1.165, 1.54) is 7.11 Å². The predicted molar refractivity (Wildman–Crippen MR) is 47.0 cm³/mol. The van der Waals surface area contributed by atoms with Crippen LogP contribution >= 0.6 is 0 Å². The molecule has 0 saturated heterocycles. The van der Waals surface area contributed by atoms with Gasteiger partial charge in [0.15, 0.2) is 0 Å². The van der Waals surface area contributed by atoms with Crippen molar-refractivity contribution in [1.82, 2.24) is 5.32 Å². The number of nitrogens with one attached hydrogen (secondary N) is 1. The molecule has 1 rings (SSSR count). The van der Waals surface area contributed by atoms with Crippen LogP contribution in [0.15, 0.2) is 22.8 Å². The molecule has 1 N–H and O–H groups in total. The highest BCUT2D eigenvalue weighted by Crippen LogP contribution is 1.99. The Hall–Kier alpha value is -1.29. The molecule has 1 unspecified atom stereocenters. The van der Waals surface area contributed by atoms with Gasteiger partial charge >= 0.3 is 5.97 Å². The molecule has 4 nitrogen and oxygen atoms in total. The second-order valence-electron chi connectivity index (χ2n) is 2.71. The van der Waals surface area contributed by atoms with Crippen LogP contribution in [0.5, 0.6) is 0 Å². The molecular formula is C9H13NO3. The van der Waals surface area contributed by atoms with Crippen molar-refractivity contribution in [1.29, 1.82) is 0 Å². The Kier molecular flexibility index (Phi) is 3.52. The summed E-state index contributed by atoms with van der Waals surface area (Å²) in [6.45, 7) is 2.28. The van der Waals surface area contributed by atoms with Crippen LogP contribution in [0.25, 0.3) is 0 Å². The van der Waals surface area contributed by atoms with Gasteiger partial charge in [-0.2, -0.15) is 0 Å². The van der Waals surface area contributed by atoms with Gasteiger partial charge in [0.2, 0.25) is 0 Å². The van der Waals surface area contributed by atoms with Crippen LogP contribution in [0.4, 0.5) is 0 Å². The summed E-state index contributed by atoms with van der Waals surface area (Å²) in [5.74, 6) is 0.530. The van der Waals surface area contributed by atoms with Crippen molar-refractivity contribution in [3.63, 3.8) is 0 Å². The number of ether oxygens (including phenoxy) is 1. The maximum Gasteiger partial charge on any atom is 0.322 e. The molecule has 13 heavy (non-hydrogen) atoms. The highest BCUT2D eigenvalue weighted by Gasteiger charge is 2.11. The molecule has 0 fully saturated rings. The van der Waals surface area contributed by atoms with Gasteiger partial charge in [0, 0.05) is 0 Å². The van der Waals surface area contributed by atoms with E-state index in [-0.39, 0.29) is 12.0 Å². The topological polar surface area (TPSA) is 51.5 Å². The largest absolute Gasteiger partial charge is 0.468 e. The second kappa shape index (κ2) is 4.67. The van der Waals surface area contributed by atoms with E-state index in [1.807, 2.05) is 6.07 Å². The van der Waals surface area contributed by atoms with E-state index >= 15 is 0 Å². The molecule has 1 aromatic rings. The van der Waals surface area contributed by atoms with E-state index in [0.717, 1.165) is 5.76 Å². The minimum atomic E-state index is -0.310. The molecular weight excluding hydrogens is 170 g/mol. The normalized spacial score (nSPS) is 12.5. The van der Waals surface area contributed by atoms with Crippen molar-refractivity contribution in [3.8, 4) is 0 Å². The van der Waals surface area contributed by atoms with Crippen molar-refractivity contribution >= 4 is 5.97 Å². The van der Waals surface area contributed by atoms with Crippen LogP contribution in [-0.2, 0) is 16.1 Å². The maximum absolute atomic E-state index is 11.0. The molecule has 0 bridgehead atoms. The molecule has 0 spiro atoms. The fraction of sp³-hybridized carbons (Fsp3) is 0.444. The lowest BCUT2D eigenvalue weighted by Gasteiger charge is -2.09. The highest BCUT2D eigenvalue weighted by atomic mass is 16.5. The van der Waals surface area contributed by atoms with Gasteiger partial charge in [-0.3, -0.25) is 10.1 Å². The van der Waals surface area contributed by atoms with Gasteiger partial charge in [-0.25, -0.2) is 0 Å². The van der Waals surface area contributed by atoms with Crippen LogP contribution in [0.1, 0.15) is 12.7 Å². The summed E-state index contributed by atoms with van der Waals surface area (Å²) < 4.78 is 9.63. The van der Waals surface area contributed by atoms with Crippen molar-refractivity contribution in [2.75, 3.05) is 7.11 Å². The van der Waals surface area contributed by atoms with Gasteiger partial charge in [0.25, 0.3) is 0 Å². The molecule has 0 aromatic carbocycles. The van der Waals surface area contributed by atoms with Crippen LogP contribution in [-0.4, -0.2) is 19.1 Å². The molecule has 1 aromatic heterocycles. The standard InChI is InChI=1S/C9H13NO3/c1-7(9(11)12-2)10-6-8-4-3-5-13-8/h3-5,7,10H,6H2,1-2H3. The summed E-state index contributed by atoms with van der Waals surface area (Å²) in [5.41, 5.74) is 0. The number of carbonyl (C=O) groups is 1. The average Bonchev–Trinajstić information content (AvgIpc) is 2.65. The molecule has 0 aliphatic rings. The SMILES string of the molecule is COC(=O)C(C)NCc1ccco1. The Labute approximate surface area is 76.9 Å². The third-order valence-electron chi connectivity index (χ3n) is 1.72. The molecule has 4 heteroatoms. The van der Waals surface area contributed by atoms with Crippen LogP contribution in [0.2, 0.25) is 0 Å². The molecule has 0 aliphatic carbocycles. The molecule has 0 saturated carbocycles. The first kappa shape index (κ1) is 9.80. The van der Waals surface area contributed by atoms with Crippen LogP contribution in [0, 0.1) is 0 Å². The summed E-state index contributed by atoms with van der Waals surface area (Å²) in [7, 11) is 1.37. The highest BCUT2D eigenvalue weighted by molar-refractivity contribution is 5.74. The molecule has 0 radical (unpaired) electrons. The molecule has 0 aliphatic heterocycles. The van der Waals surface area contributed by atoms with E-state index < -0.39 is 0 Å². The predicted octanol–water partition coefficient (Wildman–Crippen LogP) is 0.931. The summed E-state index contributed by atoms with van der Waals surface area (Å²) >= 11 is 0. The lowest BCUT2D eigenvalue weighted by molar-refractivity contribution is -0.142. The monoisotopic (exact) mass is 183 g/mol. The zero-order chi connectivity index (χ0) is 9.68. The Bertz CT molecular complexity index is 256. The van der Waals surface area contributed by atoms with Crippen molar-refractivity contribution < 1.29 is 13.9 Å². The number of furan rings is 1. The number of carbonyl (C=O) groups excluding carboxylic acids is 1. The van der Waals surface area contributed by atoms with E-state index in [4.69, 9.17) is 4.42 Å². The van der Waals surface area contributed by atoms with Gasteiger partial charge in [-0.1, -0.05) is 0 Å². The third kappa shape index (κ3) is 2.91. The second-order valence-corrected chi connectivity index (χ2v) is 2.71. The summed E-state index contributed by atoms with van der Waals surface area (Å²) in [6.07, 6.45) is 1.60. The molecule has 1 atom stereocenters. The van der Waals surface area contributed by atoms with E-state index in [0.29, 0.717) is 6.54 Å². The van der Waals surface area contributed by atoms with E-state index in [1.54, 1.807) is 19.3 Å². The first-order chi connectivity index (χ1) is 6.24. The Morgan fingerprint density at radius 3 is 3.08 bits per heavy atom. The first-order valence-electron chi connectivity index (χ1n) is 4.07. The fourth-order valence-electron chi connectivity index (χ4n) is 0.927. The summed E-state index contributed by atoms with van der Waals surface area (Å²) in [4.78, 5) is 11.0. The van der Waals surface area contributed by atoms with Crippen LogP contribution < -0.4 is 5.32 Å². The summed E-state index contributed by atoms with van der Waals surface area (Å²) in [6, 6.07) is 3.34. The van der Waals surface area contributed by atoms with E-state index in [2.05, 4.69) is 10.1 Å². The molecule has 0 amide bonds. The van der Waals surface area contributed by atoms with Gasteiger partial charge < -0.3 is 9.15 Å². The van der Waals surface area contributed by atoms with Gasteiger partial charge in [0.05, 0.1) is 19.9 Å². The van der Waals surface area contributed by atoms with E-state index in [9.17, 15) is 4.79 Å². The number of esters is 1. The maximum atomic E-state index is 11.0. The fourth-order valence-corrected chi connectivity index (χ4v) is 0.927. The minimum Gasteiger partial charge on any atom is -0.468 e. The van der Waals surface area contributed by atoms with Crippen LogP contribution in [0.3, 0.4) is 0 Å². The summed E-state index contributed by atoms with van der Waals surface area (Å²) in [5, 5.41) is 2.97. The van der Waals surface area contributed by atoms with Gasteiger partial charge in [-0.15, -0.1) is 0 Å². The average molecular weight is 183 g/mol. The van der Waals surface area contributed by atoms with Crippen molar-refractivity contribution in [2.45, 2.75) is 19.5 Å². The third-order valence-corrected chi connectivity index (χ3v) is 1.72. The first-order valence-corrected chi connectivity index (χ1v) is 4.07. The lowest BCUT2D eigenvalue weighted by atomic mass is 10.3. The molecule has 72 valence electrons. The quantitative estimate of drug-likeness (QED) is 0.705. The lowest BCUT2D eigenvalue weighted by Crippen LogP contribution is -2.34. The van der Waals surface area contributed by atoms with Gasteiger partial charge in [-0.05, 0) is 19.1 Å². The number of methoxy groups -OCH3 is 1. The van der Waals surface area contributed by atoms with Crippen molar-refractivity contribution in [3.05, 3.63) is 24.2 Å². The van der Waals surface area contributed by atoms with Crippen molar-refractivity contribution in [2.24, 2.45) is 0 Å². The number of hydrogen-bond donors (Lipinski definition) is 1. The minimum absolute atomic E-state index is 0.272.